The number of hydrogen-bond acceptors (Lipinski definition) is 5. The lowest BCUT2D eigenvalue weighted by Gasteiger charge is -2.11. The van der Waals surface area contributed by atoms with E-state index in [0.717, 1.165) is 16.7 Å². The quantitative estimate of drug-likeness (QED) is 0.170. The van der Waals surface area contributed by atoms with Gasteiger partial charge in [0.2, 0.25) is 5.91 Å². The first-order valence-electron chi connectivity index (χ1n) is 9.94. The van der Waals surface area contributed by atoms with Crippen LogP contribution < -0.4 is 10.9 Å². The minimum absolute atomic E-state index is 0.0649. The first-order chi connectivity index (χ1) is 15.9. The van der Waals surface area contributed by atoms with Crippen LogP contribution in [0.25, 0.3) is 21.3 Å². The van der Waals surface area contributed by atoms with Crippen LogP contribution in [0.1, 0.15) is 5.56 Å². The number of halogens is 2. The number of aromatic nitrogens is 2. The van der Waals surface area contributed by atoms with Gasteiger partial charge in [-0.2, -0.15) is 0 Å². The minimum Gasteiger partial charge on any atom is -0.325 e. The van der Waals surface area contributed by atoms with Crippen molar-refractivity contribution in [2.24, 2.45) is 0 Å². The van der Waals surface area contributed by atoms with E-state index in [4.69, 9.17) is 28.2 Å². The third-order valence-corrected chi connectivity index (χ3v) is 7.10. The number of aryl methyl sites for hydroxylation is 1. The largest absolute Gasteiger partial charge is 0.325 e. The van der Waals surface area contributed by atoms with Crippen molar-refractivity contribution in [3.05, 3.63) is 86.5 Å². The highest BCUT2D eigenvalue weighted by molar-refractivity contribution is 7.99. The van der Waals surface area contributed by atoms with Gasteiger partial charge in [0.05, 0.1) is 11.1 Å². The molecule has 5 nitrogen and oxygen atoms in total. The summed E-state index contributed by atoms with van der Waals surface area (Å²) in [6.45, 7) is 6.08. The summed E-state index contributed by atoms with van der Waals surface area (Å²) in [4.78, 5) is 31.2. The Bertz CT molecular complexity index is 1390. The molecule has 0 atom stereocenters. The van der Waals surface area contributed by atoms with E-state index in [-0.39, 0.29) is 17.2 Å². The maximum atomic E-state index is 13.4. The van der Waals surface area contributed by atoms with Crippen molar-refractivity contribution in [3.63, 3.8) is 0 Å². The van der Waals surface area contributed by atoms with Gasteiger partial charge in [-0.05, 0) is 30.7 Å². The topological polar surface area (TPSA) is 64.0 Å². The number of hydrogen-bond donors (Lipinski definition) is 1. The average molecular weight is 516 g/mol. The van der Waals surface area contributed by atoms with Gasteiger partial charge in [0.15, 0.2) is 5.16 Å². The van der Waals surface area contributed by atoms with E-state index < -0.39 is 0 Å². The fraction of sp³-hybridized carbons (Fsp3) is 0.125. The molecule has 0 fully saturated rings. The van der Waals surface area contributed by atoms with E-state index in [9.17, 15) is 9.59 Å². The van der Waals surface area contributed by atoms with Crippen molar-refractivity contribution in [3.8, 4) is 11.1 Å². The smallest absolute Gasteiger partial charge is 0.263 e. The predicted octanol–water partition coefficient (Wildman–Crippen LogP) is 6.66. The molecule has 0 unspecified atom stereocenters. The van der Waals surface area contributed by atoms with Gasteiger partial charge < -0.3 is 5.32 Å². The van der Waals surface area contributed by atoms with Crippen LogP contribution in [-0.2, 0) is 11.3 Å². The molecule has 0 saturated carbocycles. The van der Waals surface area contributed by atoms with E-state index >= 15 is 0 Å². The van der Waals surface area contributed by atoms with Crippen molar-refractivity contribution >= 4 is 68.1 Å². The lowest BCUT2D eigenvalue weighted by Crippen LogP contribution is -2.23. The standard InChI is InChI=1S/C24H19Cl2N3O2S2/c1-3-8-29-23(31)21-19(15-6-4-14(2)5-7-15)12-32-22(21)28-24(29)33-13-20(30)27-18-10-16(25)9-17(26)11-18/h3-7,9-12H,1,8,13H2,2H3,(H,27,30). The van der Waals surface area contributed by atoms with Crippen LogP contribution in [0.4, 0.5) is 5.69 Å². The molecule has 0 aliphatic rings. The number of nitrogens with one attached hydrogen (secondary N) is 1. The third-order valence-electron chi connectivity index (χ3n) is 4.81. The Balaban J connectivity index is 1.63. The van der Waals surface area contributed by atoms with E-state index in [1.54, 1.807) is 28.8 Å². The molecule has 33 heavy (non-hydrogen) atoms. The second-order valence-corrected chi connectivity index (χ2v) is 9.96. The predicted molar refractivity (Wildman–Crippen MR) is 140 cm³/mol. The lowest BCUT2D eigenvalue weighted by atomic mass is 10.1. The van der Waals surface area contributed by atoms with E-state index in [1.165, 1.54) is 23.1 Å². The van der Waals surface area contributed by atoms with Gasteiger partial charge in [-0.15, -0.1) is 17.9 Å². The number of thiophene rings is 1. The lowest BCUT2D eigenvalue weighted by molar-refractivity contribution is -0.113. The number of carbonyl (C=O) groups excluding carboxylic acids is 1. The van der Waals surface area contributed by atoms with Gasteiger partial charge in [-0.3, -0.25) is 14.2 Å². The summed E-state index contributed by atoms with van der Waals surface area (Å²) in [5.41, 5.74) is 3.33. The van der Waals surface area contributed by atoms with Gasteiger partial charge in [0.25, 0.3) is 5.56 Å². The molecule has 0 radical (unpaired) electrons. The van der Waals surface area contributed by atoms with Gasteiger partial charge in [0, 0.05) is 33.2 Å². The van der Waals surface area contributed by atoms with Crippen LogP contribution in [0.15, 0.2) is 70.5 Å². The normalized spacial score (nSPS) is 11.0. The molecule has 2 aromatic carbocycles. The Hall–Kier alpha value is -2.58. The SMILES string of the molecule is C=CCn1c(SCC(=O)Nc2cc(Cl)cc(Cl)c2)nc2scc(-c3ccc(C)cc3)c2c1=O. The molecule has 2 heterocycles. The summed E-state index contributed by atoms with van der Waals surface area (Å²) in [5, 5.41) is 6.62. The minimum atomic E-state index is -0.260. The second-order valence-electron chi connectivity index (χ2n) is 7.29. The number of allylic oxidation sites excluding steroid dienone is 1. The van der Waals surface area contributed by atoms with Crippen molar-refractivity contribution < 1.29 is 4.79 Å². The second kappa shape index (κ2) is 10.1. The molecular weight excluding hydrogens is 497 g/mol. The summed E-state index contributed by atoms with van der Waals surface area (Å²) >= 11 is 14.6. The number of nitrogens with zero attached hydrogens (tertiary/aromatic N) is 2. The van der Waals surface area contributed by atoms with Crippen LogP contribution in [0.2, 0.25) is 10.0 Å². The number of amides is 1. The first-order valence-corrected chi connectivity index (χ1v) is 12.6. The summed E-state index contributed by atoms with van der Waals surface area (Å²) < 4.78 is 1.55. The maximum Gasteiger partial charge on any atom is 0.263 e. The molecular formula is C24H19Cl2N3O2S2. The monoisotopic (exact) mass is 515 g/mol. The van der Waals surface area contributed by atoms with Crippen molar-refractivity contribution in [1.29, 1.82) is 0 Å². The number of anilines is 1. The van der Waals surface area contributed by atoms with Gasteiger partial charge in [-0.1, -0.05) is 70.9 Å². The van der Waals surface area contributed by atoms with Crippen LogP contribution in [0.5, 0.6) is 0 Å². The van der Waals surface area contributed by atoms with Crippen LogP contribution in [0, 0.1) is 6.92 Å². The molecule has 4 aromatic rings. The number of fused-ring (bicyclic) bond motifs is 1. The number of rotatable bonds is 7. The van der Waals surface area contributed by atoms with E-state index in [1.807, 2.05) is 36.6 Å². The Labute approximate surface area is 209 Å². The third kappa shape index (κ3) is 5.33. The highest BCUT2D eigenvalue weighted by atomic mass is 35.5. The first kappa shape index (κ1) is 23.6. The number of thioether (sulfide) groups is 1. The summed E-state index contributed by atoms with van der Waals surface area (Å²) in [5.74, 6) is -0.195. The Kier molecular flexibility index (Phi) is 7.24. The summed E-state index contributed by atoms with van der Waals surface area (Å²) in [7, 11) is 0. The van der Waals surface area contributed by atoms with E-state index in [2.05, 4.69) is 11.9 Å². The maximum absolute atomic E-state index is 13.4. The zero-order chi connectivity index (χ0) is 23.5. The molecule has 0 spiro atoms. The summed E-state index contributed by atoms with van der Waals surface area (Å²) in [6, 6.07) is 12.9. The van der Waals surface area contributed by atoms with E-state index in [0.29, 0.717) is 37.7 Å². The van der Waals surface area contributed by atoms with Gasteiger partial charge in [0.1, 0.15) is 4.83 Å². The molecule has 1 amide bonds. The number of benzene rings is 2. The Morgan fingerprint density at radius 2 is 1.91 bits per heavy atom. The molecule has 4 rings (SSSR count). The van der Waals surface area contributed by atoms with Gasteiger partial charge >= 0.3 is 0 Å². The van der Waals surface area contributed by atoms with Crippen molar-refractivity contribution in [2.75, 3.05) is 11.1 Å². The molecule has 2 aromatic heterocycles. The highest BCUT2D eigenvalue weighted by Crippen LogP contribution is 2.32. The molecule has 0 aliphatic heterocycles. The van der Waals surface area contributed by atoms with Gasteiger partial charge in [-0.25, -0.2) is 4.98 Å². The summed E-state index contributed by atoms with van der Waals surface area (Å²) in [6.07, 6.45) is 1.64. The zero-order valence-electron chi connectivity index (χ0n) is 17.6. The Morgan fingerprint density at radius 3 is 2.58 bits per heavy atom. The van der Waals surface area contributed by atoms with Crippen molar-refractivity contribution in [2.45, 2.75) is 18.6 Å². The fourth-order valence-corrected chi connectivity index (χ4v) is 5.63. The average Bonchev–Trinajstić information content (AvgIpc) is 3.18. The molecule has 0 bridgehead atoms. The zero-order valence-corrected chi connectivity index (χ0v) is 20.7. The van der Waals surface area contributed by atoms with Crippen LogP contribution in [0.3, 0.4) is 0 Å². The van der Waals surface area contributed by atoms with Crippen LogP contribution in [-0.4, -0.2) is 21.2 Å². The molecule has 168 valence electrons. The molecule has 0 saturated heterocycles. The highest BCUT2D eigenvalue weighted by Gasteiger charge is 2.18. The Morgan fingerprint density at radius 1 is 1.21 bits per heavy atom. The van der Waals surface area contributed by atoms with Crippen LogP contribution >= 0.6 is 46.3 Å². The molecule has 9 heteroatoms. The van der Waals surface area contributed by atoms with Crippen molar-refractivity contribution in [1.82, 2.24) is 9.55 Å². The number of carbonyl (C=O) groups is 1. The molecule has 1 N–H and O–H groups in total. The molecule has 0 aliphatic carbocycles. The fourth-order valence-electron chi connectivity index (χ4n) is 3.30.